The third kappa shape index (κ3) is 3.94. The van der Waals surface area contributed by atoms with Crippen molar-refractivity contribution in [3.05, 3.63) is 59.7 Å². The van der Waals surface area contributed by atoms with E-state index in [9.17, 15) is 9.59 Å². The molecule has 2 aromatic rings. The molecule has 31 heavy (non-hydrogen) atoms. The summed E-state index contributed by atoms with van der Waals surface area (Å²) < 4.78 is 11.3. The molecule has 1 aromatic carbocycles. The van der Waals surface area contributed by atoms with Crippen LogP contribution in [0.5, 0.6) is 11.5 Å². The Morgan fingerprint density at radius 3 is 2.84 bits per heavy atom. The Morgan fingerprint density at radius 2 is 2.13 bits per heavy atom. The zero-order valence-corrected chi connectivity index (χ0v) is 17.6. The van der Waals surface area contributed by atoms with Gasteiger partial charge in [0.2, 0.25) is 0 Å². The monoisotopic (exact) mass is 421 g/mol. The highest BCUT2D eigenvalue weighted by molar-refractivity contribution is 6.11. The van der Waals surface area contributed by atoms with Crippen LogP contribution in [0.1, 0.15) is 15.9 Å². The maximum absolute atomic E-state index is 12.8. The van der Waals surface area contributed by atoms with E-state index < -0.39 is 0 Å². The molecule has 0 fully saturated rings. The second-order valence-electron chi connectivity index (χ2n) is 7.21. The van der Waals surface area contributed by atoms with Crippen molar-refractivity contribution in [2.75, 3.05) is 46.2 Å². The van der Waals surface area contributed by atoms with Crippen molar-refractivity contribution in [2.24, 2.45) is 4.99 Å². The number of aliphatic imine (C=N–C) groups is 1. The van der Waals surface area contributed by atoms with Gasteiger partial charge in [0.05, 0.1) is 19.3 Å². The van der Waals surface area contributed by atoms with Gasteiger partial charge >= 0.3 is 0 Å². The first kappa shape index (κ1) is 20.4. The van der Waals surface area contributed by atoms with Crippen LogP contribution in [0.4, 0.5) is 5.69 Å². The van der Waals surface area contributed by atoms with Gasteiger partial charge in [-0.15, -0.1) is 0 Å². The Bertz CT molecular complexity index is 1080. The standard InChI is InChI=1S/C22H23N5O4/c1-26(2)19(29)13-31-17-7-6-15-20(21(17)30-3)25-18(27-10-9-24-22(15)27)11-16(28)14-5-4-8-23-12-14/h4-8,11-12,25H,9-10,13H2,1-3H3. The summed E-state index contributed by atoms with van der Waals surface area (Å²) in [5, 5.41) is 3.30. The number of rotatable bonds is 6. The van der Waals surface area contributed by atoms with Gasteiger partial charge in [-0.2, -0.15) is 0 Å². The number of anilines is 1. The van der Waals surface area contributed by atoms with Crippen molar-refractivity contribution in [3.63, 3.8) is 0 Å². The van der Waals surface area contributed by atoms with Crippen LogP contribution >= 0.6 is 0 Å². The smallest absolute Gasteiger partial charge is 0.259 e. The molecule has 4 rings (SSSR count). The van der Waals surface area contributed by atoms with Crippen molar-refractivity contribution in [3.8, 4) is 11.5 Å². The lowest BCUT2D eigenvalue weighted by molar-refractivity contribution is -0.130. The van der Waals surface area contributed by atoms with Crippen molar-refractivity contribution in [1.82, 2.24) is 14.8 Å². The van der Waals surface area contributed by atoms with Crippen LogP contribution in [-0.2, 0) is 4.79 Å². The second kappa shape index (κ2) is 8.47. The predicted octanol–water partition coefficient (Wildman–Crippen LogP) is 1.77. The molecule has 1 N–H and O–H groups in total. The molecule has 0 unspecified atom stereocenters. The number of benzene rings is 1. The van der Waals surface area contributed by atoms with Crippen molar-refractivity contribution in [1.29, 1.82) is 0 Å². The highest BCUT2D eigenvalue weighted by atomic mass is 16.5. The van der Waals surface area contributed by atoms with Gasteiger partial charge in [-0.1, -0.05) is 0 Å². The lowest BCUT2D eigenvalue weighted by Gasteiger charge is -2.32. The quantitative estimate of drug-likeness (QED) is 0.561. The number of amides is 1. The largest absolute Gasteiger partial charge is 0.491 e. The number of likely N-dealkylation sites (N-methyl/N-ethyl adjacent to an activating group) is 1. The van der Waals surface area contributed by atoms with E-state index in [-0.39, 0.29) is 18.3 Å². The van der Waals surface area contributed by atoms with Gasteiger partial charge < -0.3 is 24.6 Å². The molecule has 160 valence electrons. The summed E-state index contributed by atoms with van der Waals surface area (Å²) in [7, 11) is 4.87. The van der Waals surface area contributed by atoms with Crippen molar-refractivity contribution >= 4 is 23.2 Å². The minimum atomic E-state index is -0.173. The molecule has 0 saturated heterocycles. The summed E-state index contributed by atoms with van der Waals surface area (Å²) in [4.78, 5) is 36.7. The fraction of sp³-hybridized carbons (Fsp3) is 0.273. The zero-order chi connectivity index (χ0) is 22.0. The summed E-state index contributed by atoms with van der Waals surface area (Å²) >= 11 is 0. The fourth-order valence-corrected chi connectivity index (χ4v) is 3.40. The summed E-state index contributed by atoms with van der Waals surface area (Å²) in [6.45, 7) is 1.16. The van der Waals surface area contributed by atoms with Gasteiger partial charge in [0.15, 0.2) is 23.9 Å². The summed E-state index contributed by atoms with van der Waals surface area (Å²) in [6.07, 6.45) is 4.68. The van der Waals surface area contributed by atoms with E-state index in [1.54, 1.807) is 38.5 Å². The van der Waals surface area contributed by atoms with Gasteiger partial charge in [0.1, 0.15) is 11.7 Å². The van der Waals surface area contributed by atoms with Crippen LogP contribution in [-0.4, -0.2) is 73.2 Å². The lowest BCUT2D eigenvalue weighted by atomic mass is 10.1. The van der Waals surface area contributed by atoms with Crippen LogP contribution in [0.25, 0.3) is 0 Å². The van der Waals surface area contributed by atoms with Gasteiger partial charge in [0.25, 0.3) is 5.91 Å². The average Bonchev–Trinajstić information content (AvgIpc) is 3.28. The second-order valence-corrected chi connectivity index (χ2v) is 7.21. The maximum Gasteiger partial charge on any atom is 0.259 e. The number of fused-ring (bicyclic) bond motifs is 3. The number of allylic oxidation sites excluding steroid dienone is 1. The van der Waals surface area contributed by atoms with Gasteiger partial charge in [-0.25, -0.2) is 0 Å². The minimum Gasteiger partial charge on any atom is -0.491 e. The number of carbonyl (C=O) groups excluding carboxylic acids is 2. The molecule has 3 heterocycles. The molecule has 0 aliphatic carbocycles. The Balaban J connectivity index is 1.70. The number of nitrogens with zero attached hydrogens (tertiary/aromatic N) is 4. The first-order chi connectivity index (χ1) is 15.0. The molecule has 0 spiro atoms. The van der Waals surface area contributed by atoms with E-state index in [0.29, 0.717) is 41.7 Å². The van der Waals surface area contributed by atoms with Crippen molar-refractivity contribution in [2.45, 2.75) is 0 Å². The van der Waals surface area contributed by atoms with E-state index >= 15 is 0 Å². The number of ether oxygens (including phenoxy) is 2. The average molecular weight is 421 g/mol. The van der Waals surface area contributed by atoms with Crippen LogP contribution in [0.2, 0.25) is 0 Å². The number of carbonyl (C=O) groups is 2. The number of nitrogens with one attached hydrogen (secondary N) is 1. The maximum atomic E-state index is 12.8. The highest BCUT2D eigenvalue weighted by Crippen LogP contribution is 2.43. The summed E-state index contributed by atoms with van der Waals surface area (Å²) in [6, 6.07) is 7.07. The molecule has 1 aromatic heterocycles. The first-order valence-electron chi connectivity index (χ1n) is 9.79. The molecule has 2 aliphatic rings. The number of pyridine rings is 1. The Morgan fingerprint density at radius 1 is 1.29 bits per heavy atom. The zero-order valence-electron chi connectivity index (χ0n) is 17.6. The molecule has 9 nitrogen and oxygen atoms in total. The molecule has 0 saturated carbocycles. The molecular weight excluding hydrogens is 398 g/mol. The third-order valence-corrected chi connectivity index (χ3v) is 5.02. The topological polar surface area (TPSA) is 96.4 Å². The molecule has 0 atom stereocenters. The van der Waals surface area contributed by atoms with Gasteiger partial charge in [-0.3, -0.25) is 19.6 Å². The van der Waals surface area contributed by atoms with E-state index in [1.165, 1.54) is 24.3 Å². The van der Waals surface area contributed by atoms with E-state index in [0.717, 1.165) is 11.4 Å². The number of ketones is 1. The molecule has 1 amide bonds. The number of aromatic nitrogens is 1. The van der Waals surface area contributed by atoms with E-state index in [2.05, 4.69) is 15.3 Å². The number of hydrogen-bond acceptors (Lipinski definition) is 8. The Hall–Kier alpha value is -3.88. The first-order valence-corrected chi connectivity index (χ1v) is 9.79. The van der Waals surface area contributed by atoms with Gasteiger partial charge in [-0.05, 0) is 24.3 Å². The highest BCUT2D eigenvalue weighted by Gasteiger charge is 2.33. The Labute approximate surface area is 180 Å². The predicted molar refractivity (Wildman–Crippen MR) is 116 cm³/mol. The van der Waals surface area contributed by atoms with Crippen LogP contribution in [0.15, 0.2) is 53.5 Å². The number of methoxy groups -OCH3 is 1. The summed E-state index contributed by atoms with van der Waals surface area (Å²) in [5.41, 5.74) is 1.97. The Kier molecular flexibility index (Phi) is 5.57. The SMILES string of the molecule is COc1c(OCC(=O)N(C)C)ccc2c1NC(=CC(=O)c1cccnc1)N1CCN=C21. The lowest BCUT2D eigenvalue weighted by Crippen LogP contribution is -2.36. The molecule has 0 radical (unpaired) electrons. The molecule has 2 aliphatic heterocycles. The normalized spacial score (nSPS) is 15.5. The van der Waals surface area contributed by atoms with Crippen LogP contribution in [0.3, 0.4) is 0 Å². The molecule has 0 bridgehead atoms. The molecule has 9 heteroatoms. The third-order valence-electron chi connectivity index (χ3n) is 5.02. The van der Waals surface area contributed by atoms with Gasteiger partial charge in [0, 0.05) is 50.2 Å². The van der Waals surface area contributed by atoms with E-state index in [4.69, 9.17) is 9.47 Å². The van der Waals surface area contributed by atoms with E-state index in [1.807, 2.05) is 11.0 Å². The molecular formula is C22H23N5O4. The minimum absolute atomic E-state index is 0.114. The van der Waals surface area contributed by atoms with Crippen molar-refractivity contribution < 1.29 is 19.1 Å². The van der Waals surface area contributed by atoms with Crippen LogP contribution in [0, 0.1) is 0 Å². The summed E-state index contributed by atoms with van der Waals surface area (Å²) in [5.74, 6) is 1.88. The number of hydrogen-bond donors (Lipinski definition) is 1. The fourth-order valence-electron chi connectivity index (χ4n) is 3.40. The number of amidine groups is 1. The van der Waals surface area contributed by atoms with Crippen LogP contribution < -0.4 is 14.8 Å².